The van der Waals surface area contributed by atoms with Crippen molar-refractivity contribution in [3.63, 3.8) is 0 Å². The van der Waals surface area contributed by atoms with Gasteiger partial charge in [-0.3, -0.25) is 4.79 Å². The molecule has 1 aliphatic rings. The predicted octanol–water partition coefficient (Wildman–Crippen LogP) is 4.63. The third kappa shape index (κ3) is 3.87. The maximum atomic E-state index is 13.7. The largest absolute Gasteiger partial charge is 0.481 e. The molecule has 152 valence electrons. The van der Waals surface area contributed by atoms with Crippen LogP contribution in [0.5, 0.6) is 0 Å². The van der Waals surface area contributed by atoms with Crippen molar-refractivity contribution in [3.8, 4) is 6.07 Å². The molecule has 7 heteroatoms. The fourth-order valence-electron chi connectivity index (χ4n) is 4.27. The topological polar surface area (TPSA) is 82.3 Å². The number of carboxylic acids is 1. The summed E-state index contributed by atoms with van der Waals surface area (Å²) in [6, 6.07) is 5.59. The second-order valence-electron chi connectivity index (χ2n) is 7.32. The summed E-state index contributed by atoms with van der Waals surface area (Å²) >= 11 is 6.34. The third-order valence-electron chi connectivity index (χ3n) is 5.65. The van der Waals surface area contributed by atoms with Crippen LogP contribution in [-0.4, -0.2) is 30.3 Å². The lowest BCUT2D eigenvalue weighted by molar-refractivity contribution is -0.154. The summed E-state index contributed by atoms with van der Waals surface area (Å²) in [6.45, 7) is 5.53. The monoisotopic (exact) mass is 408 g/mol. The van der Waals surface area contributed by atoms with Gasteiger partial charge in [-0.1, -0.05) is 31.0 Å². The summed E-state index contributed by atoms with van der Waals surface area (Å²) in [6.07, 6.45) is 1.18. The lowest BCUT2D eigenvalue weighted by Crippen LogP contribution is -2.57. The maximum Gasteiger partial charge on any atom is 0.312 e. The van der Waals surface area contributed by atoms with E-state index in [1.165, 1.54) is 12.1 Å². The van der Waals surface area contributed by atoms with E-state index in [4.69, 9.17) is 16.3 Å². The molecule has 0 aromatic heterocycles. The Morgan fingerprint density at radius 3 is 2.71 bits per heavy atom. The van der Waals surface area contributed by atoms with Gasteiger partial charge in [-0.2, -0.15) is 5.26 Å². The van der Waals surface area contributed by atoms with Gasteiger partial charge in [0.15, 0.2) is 0 Å². The van der Waals surface area contributed by atoms with Gasteiger partial charge >= 0.3 is 5.97 Å². The second kappa shape index (κ2) is 8.93. The van der Waals surface area contributed by atoms with E-state index >= 15 is 0 Å². The number of nitrogens with zero attached hydrogens (tertiary/aromatic N) is 1. The molecule has 0 amide bonds. The Kier molecular flexibility index (Phi) is 7.08. The van der Waals surface area contributed by atoms with Crippen LogP contribution >= 0.6 is 11.6 Å². The molecule has 1 aliphatic heterocycles. The molecule has 1 aromatic carbocycles. The van der Waals surface area contributed by atoms with Crippen LogP contribution < -0.4 is 5.32 Å². The van der Waals surface area contributed by atoms with Crippen molar-refractivity contribution < 1.29 is 19.0 Å². The van der Waals surface area contributed by atoms with E-state index in [-0.39, 0.29) is 11.1 Å². The van der Waals surface area contributed by atoms with Crippen LogP contribution in [-0.2, 0) is 9.53 Å². The van der Waals surface area contributed by atoms with Crippen molar-refractivity contribution in [3.05, 3.63) is 45.9 Å². The highest BCUT2D eigenvalue weighted by atomic mass is 35.5. The summed E-state index contributed by atoms with van der Waals surface area (Å²) in [5.41, 5.74) is 0.0411. The highest BCUT2D eigenvalue weighted by Crippen LogP contribution is 2.53. The molecule has 5 nitrogen and oxygen atoms in total. The first-order chi connectivity index (χ1) is 13.2. The van der Waals surface area contributed by atoms with E-state index in [9.17, 15) is 19.6 Å². The summed E-state index contributed by atoms with van der Waals surface area (Å²) in [5, 5.41) is 23.6. The van der Waals surface area contributed by atoms with Crippen molar-refractivity contribution >= 4 is 17.6 Å². The Morgan fingerprint density at radius 2 is 2.21 bits per heavy atom. The molecule has 0 saturated carbocycles. The second-order valence-corrected chi connectivity index (χ2v) is 7.73. The minimum Gasteiger partial charge on any atom is -0.481 e. The van der Waals surface area contributed by atoms with Gasteiger partial charge in [0.1, 0.15) is 5.82 Å². The molecule has 0 fully saturated rings. The number of methoxy groups -OCH3 is 1. The molecule has 1 heterocycles. The van der Waals surface area contributed by atoms with Crippen LogP contribution in [0.1, 0.15) is 51.5 Å². The number of carboxylic acid groups (broad SMARTS) is 1. The van der Waals surface area contributed by atoms with E-state index in [0.29, 0.717) is 36.1 Å². The molecule has 0 spiro atoms. The number of aliphatic carboxylic acids is 1. The third-order valence-corrected chi connectivity index (χ3v) is 5.97. The molecule has 1 aromatic rings. The number of hydrogen-bond donors (Lipinski definition) is 2. The van der Waals surface area contributed by atoms with Crippen LogP contribution in [0.4, 0.5) is 4.39 Å². The fourth-order valence-corrected chi connectivity index (χ4v) is 4.55. The lowest BCUT2D eigenvalue weighted by Gasteiger charge is -2.48. The van der Waals surface area contributed by atoms with E-state index < -0.39 is 29.2 Å². The van der Waals surface area contributed by atoms with Crippen molar-refractivity contribution in [1.29, 1.82) is 5.26 Å². The zero-order valence-electron chi connectivity index (χ0n) is 16.6. The number of ether oxygens (including phenoxy) is 1. The number of nitrogens with one attached hydrogen (secondary N) is 1. The van der Waals surface area contributed by atoms with Crippen LogP contribution in [0, 0.1) is 22.6 Å². The van der Waals surface area contributed by atoms with Crippen molar-refractivity contribution in [2.75, 3.05) is 7.11 Å². The summed E-state index contributed by atoms with van der Waals surface area (Å²) in [7, 11) is 1.58. The zero-order valence-corrected chi connectivity index (χ0v) is 17.3. The van der Waals surface area contributed by atoms with Crippen LogP contribution in [0.25, 0.3) is 0 Å². The molecule has 4 unspecified atom stereocenters. The average molecular weight is 409 g/mol. The molecule has 0 aliphatic carbocycles. The molecule has 2 rings (SSSR count). The molecule has 4 atom stereocenters. The Bertz CT molecular complexity index is 820. The zero-order chi connectivity index (χ0) is 21.1. The van der Waals surface area contributed by atoms with Gasteiger partial charge in [0.05, 0.1) is 23.2 Å². The maximum absolute atomic E-state index is 13.7. The summed E-state index contributed by atoms with van der Waals surface area (Å²) in [4.78, 5) is 12.7. The minimum atomic E-state index is -1.33. The van der Waals surface area contributed by atoms with Crippen LogP contribution in [0.2, 0.25) is 5.02 Å². The number of hydrogen-bond acceptors (Lipinski definition) is 4. The van der Waals surface area contributed by atoms with E-state index in [1.54, 1.807) is 14.0 Å². The first kappa shape index (κ1) is 22.2. The fraction of sp³-hybridized carbons (Fsp3) is 0.524. The Balaban J connectivity index is 2.80. The first-order valence-electron chi connectivity index (χ1n) is 9.31. The van der Waals surface area contributed by atoms with E-state index in [1.807, 2.05) is 13.8 Å². The number of nitriles is 1. The van der Waals surface area contributed by atoms with Crippen molar-refractivity contribution in [1.82, 2.24) is 5.32 Å². The Morgan fingerprint density at radius 1 is 1.54 bits per heavy atom. The molecular formula is C21H26ClFN2O3. The van der Waals surface area contributed by atoms with E-state index in [2.05, 4.69) is 11.4 Å². The minimum absolute atomic E-state index is 0.118. The number of allylic oxidation sites excluding steroid dienone is 2. The highest BCUT2D eigenvalue weighted by Gasteiger charge is 2.56. The molecule has 2 N–H and O–H groups in total. The standard InChI is InChI=1S/C21H26ClFN2O3/c1-5-8-21(20(26)27)18(9-12(2)28-4)25-13(3)16(11-24)19(21)15-7-6-14(23)10-17(15)22/h6-7,10,12,18-19,25H,5,8-9H2,1-4H3,(H,26,27). The number of halogens is 2. The SMILES string of the molecule is CCCC1(C(=O)O)C(CC(C)OC)NC(C)=C(C#N)C1c1ccc(F)cc1Cl. The van der Waals surface area contributed by atoms with Gasteiger partial charge in [-0.15, -0.1) is 0 Å². The van der Waals surface area contributed by atoms with E-state index in [0.717, 1.165) is 6.07 Å². The smallest absolute Gasteiger partial charge is 0.312 e. The van der Waals surface area contributed by atoms with Gasteiger partial charge in [-0.05, 0) is 44.4 Å². The first-order valence-corrected chi connectivity index (χ1v) is 9.69. The Labute approximate surface area is 170 Å². The van der Waals surface area contributed by atoms with Gasteiger partial charge < -0.3 is 15.2 Å². The van der Waals surface area contributed by atoms with Crippen LogP contribution in [0.15, 0.2) is 29.5 Å². The molecule has 0 bridgehead atoms. The van der Waals surface area contributed by atoms with Crippen LogP contribution in [0.3, 0.4) is 0 Å². The van der Waals surface area contributed by atoms with Gasteiger partial charge in [0.2, 0.25) is 0 Å². The normalized spacial score (nSPS) is 25.8. The van der Waals surface area contributed by atoms with Crippen molar-refractivity contribution in [2.45, 2.75) is 58.1 Å². The molecule has 0 radical (unpaired) electrons. The summed E-state index contributed by atoms with van der Waals surface area (Å²) < 4.78 is 19.0. The van der Waals surface area contributed by atoms with Crippen molar-refractivity contribution in [2.24, 2.45) is 5.41 Å². The van der Waals surface area contributed by atoms with Gasteiger partial charge in [0, 0.05) is 29.8 Å². The molecule has 0 saturated heterocycles. The Hall–Kier alpha value is -2.10. The molecule has 28 heavy (non-hydrogen) atoms. The summed E-state index contributed by atoms with van der Waals surface area (Å²) in [5.74, 6) is -2.32. The van der Waals surface area contributed by atoms with Gasteiger partial charge in [-0.25, -0.2) is 4.39 Å². The number of benzene rings is 1. The highest BCUT2D eigenvalue weighted by molar-refractivity contribution is 6.31. The average Bonchev–Trinajstić information content (AvgIpc) is 2.63. The number of carbonyl (C=O) groups is 1. The lowest BCUT2D eigenvalue weighted by atomic mass is 9.59. The van der Waals surface area contributed by atoms with Gasteiger partial charge in [0.25, 0.3) is 0 Å². The number of rotatable bonds is 7. The predicted molar refractivity (Wildman–Crippen MR) is 105 cm³/mol. The molecular weight excluding hydrogens is 383 g/mol. The quantitative estimate of drug-likeness (QED) is 0.687.